The molecule has 0 radical (unpaired) electrons. The Morgan fingerprint density at radius 2 is 2.00 bits per heavy atom. The average Bonchev–Trinajstić information content (AvgIpc) is 3.41. The van der Waals surface area contributed by atoms with E-state index < -0.39 is 0 Å². The number of aromatic amines is 1. The fourth-order valence-corrected chi connectivity index (χ4v) is 3.53. The number of rotatable bonds is 8. The Morgan fingerprint density at radius 1 is 1.12 bits per heavy atom. The van der Waals surface area contributed by atoms with E-state index in [1.54, 1.807) is 7.11 Å². The van der Waals surface area contributed by atoms with Crippen molar-refractivity contribution in [3.05, 3.63) is 30.1 Å². The highest BCUT2D eigenvalue weighted by atomic mass is 16.5. The number of H-pyrrole nitrogens is 1. The summed E-state index contributed by atoms with van der Waals surface area (Å²) in [6, 6.07) is 6.23. The summed E-state index contributed by atoms with van der Waals surface area (Å²) >= 11 is 0. The Balaban J connectivity index is 1.69. The van der Waals surface area contributed by atoms with Crippen LogP contribution in [0.3, 0.4) is 0 Å². The van der Waals surface area contributed by atoms with Gasteiger partial charge in [0.05, 0.1) is 24.9 Å². The minimum absolute atomic E-state index is 0.614. The molecule has 1 fully saturated rings. The lowest BCUT2D eigenvalue weighted by atomic mass is 10.1. The van der Waals surface area contributed by atoms with E-state index in [0.29, 0.717) is 5.92 Å². The number of aromatic nitrogens is 2. The largest absolute Gasteiger partial charge is 0.493 e. The average molecular weight is 338 g/mol. The van der Waals surface area contributed by atoms with Crippen LogP contribution in [0.4, 0.5) is 0 Å². The van der Waals surface area contributed by atoms with Gasteiger partial charge in [0.2, 0.25) is 0 Å². The summed E-state index contributed by atoms with van der Waals surface area (Å²) in [7, 11) is 1.71. The summed E-state index contributed by atoms with van der Waals surface area (Å²) in [5.41, 5.74) is 3.46. The van der Waals surface area contributed by atoms with E-state index in [1.165, 1.54) is 48.6 Å². The maximum absolute atomic E-state index is 6.01. The highest BCUT2D eigenvalue weighted by Gasteiger charge is 2.28. The molecule has 25 heavy (non-hydrogen) atoms. The molecule has 0 spiro atoms. The molecule has 1 aliphatic rings. The van der Waals surface area contributed by atoms with E-state index in [-0.39, 0.29) is 0 Å². The number of ether oxygens (including phenoxy) is 2. The van der Waals surface area contributed by atoms with Gasteiger partial charge in [0.15, 0.2) is 11.5 Å². The quantitative estimate of drug-likeness (QED) is 0.547. The molecule has 1 saturated carbocycles. The van der Waals surface area contributed by atoms with E-state index >= 15 is 0 Å². The predicted molar refractivity (Wildman–Crippen MR) is 102 cm³/mol. The SMILES string of the molecule is CCCCCCOc1cc2[nH]c3ccnc(C4CC4)c3c2cc1OC. The monoisotopic (exact) mass is 338 g/mol. The first-order chi connectivity index (χ1) is 12.3. The highest BCUT2D eigenvalue weighted by molar-refractivity contribution is 6.09. The van der Waals surface area contributed by atoms with Gasteiger partial charge in [-0.05, 0) is 31.4 Å². The molecule has 3 aromatic rings. The van der Waals surface area contributed by atoms with Crippen molar-refractivity contribution in [2.45, 2.75) is 51.4 Å². The first-order valence-electron chi connectivity index (χ1n) is 9.43. The second-order valence-corrected chi connectivity index (χ2v) is 6.98. The first-order valence-corrected chi connectivity index (χ1v) is 9.43. The summed E-state index contributed by atoms with van der Waals surface area (Å²) < 4.78 is 11.6. The molecule has 0 atom stereocenters. The van der Waals surface area contributed by atoms with Crippen LogP contribution in [-0.2, 0) is 0 Å². The molecule has 4 nitrogen and oxygen atoms in total. The zero-order chi connectivity index (χ0) is 17.2. The molecule has 1 aromatic carbocycles. The molecule has 4 heteroatoms. The Hall–Kier alpha value is -2.23. The molecule has 2 aromatic heterocycles. The Bertz CT molecular complexity index is 880. The van der Waals surface area contributed by atoms with Crippen LogP contribution in [0.5, 0.6) is 11.5 Å². The van der Waals surface area contributed by atoms with E-state index in [0.717, 1.165) is 35.6 Å². The van der Waals surface area contributed by atoms with E-state index in [9.17, 15) is 0 Å². The van der Waals surface area contributed by atoms with Gasteiger partial charge in [0.25, 0.3) is 0 Å². The maximum Gasteiger partial charge on any atom is 0.163 e. The van der Waals surface area contributed by atoms with Crippen molar-refractivity contribution in [3.8, 4) is 11.5 Å². The van der Waals surface area contributed by atoms with Crippen LogP contribution < -0.4 is 9.47 Å². The van der Waals surface area contributed by atoms with Gasteiger partial charge in [0.1, 0.15) is 0 Å². The maximum atomic E-state index is 6.01. The van der Waals surface area contributed by atoms with E-state index in [4.69, 9.17) is 9.47 Å². The Kier molecular flexibility index (Phi) is 4.51. The van der Waals surface area contributed by atoms with Crippen LogP contribution in [0.1, 0.15) is 57.1 Å². The van der Waals surface area contributed by atoms with Crippen LogP contribution in [0.15, 0.2) is 24.4 Å². The van der Waals surface area contributed by atoms with Crippen molar-refractivity contribution in [3.63, 3.8) is 0 Å². The van der Waals surface area contributed by atoms with Crippen LogP contribution in [0, 0.1) is 0 Å². The zero-order valence-electron chi connectivity index (χ0n) is 15.1. The molecule has 1 aliphatic carbocycles. The van der Waals surface area contributed by atoms with Crippen LogP contribution in [0.2, 0.25) is 0 Å². The number of fused-ring (bicyclic) bond motifs is 3. The number of pyridine rings is 1. The standard InChI is InChI=1S/C21H26N2O2/c1-3-4-5-6-11-25-19-13-17-15(12-18(19)24-2)20-16(23-17)9-10-22-21(20)14-7-8-14/h9-10,12-14,23H,3-8,11H2,1-2H3. The minimum atomic E-state index is 0.614. The van der Waals surface area contributed by atoms with Crippen molar-refractivity contribution in [1.82, 2.24) is 9.97 Å². The molecular weight excluding hydrogens is 312 g/mol. The summed E-state index contributed by atoms with van der Waals surface area (Å²) in [5.74, 6) is 2.23. The summed E-state index contributed by atoms with van der Waals surface area (Å²) in [5, 5.41) is 2.42. The zero-order valence-corrected chi connectivity index (χ0v) is 15.1. The molecule has 4 rings (SSSR count). The number of methoxy groups -OCH3 is 1. The van der Waals surface area contributed by atoms with Crippen molar-refractivity contribution >= 4 is 21.8 Å². The number of benzene rings is 1. The lowest BCUT2D eigenvalue weighted by Gasteiger charge is -2.11. The molecule has 132 valence electrons. The van der Waals surface area contributed by atoms with Gasteiger partial charge >= 0.3 is 0 Å². The lowest BCUT2D eigenvalue weighted by Crippen LogP contribution is -1.99. The number of hydrogen-bond acceptors (Lipinski definition) is 3. The topological polar surface area (TPSA) is 47.1 Å². The van der Waals surface area contributed by atoms with Crippen molar-refractivity contribution < 1.29 is 9.47 Å². The van der Waals surface area contributed by atoms with Crippen molar-refractivity contribution in [1.29, 1.82) is 0 Å². The second kappa shape index (κ2) is 6.95. The third-order valence-corrected chi connectivity index (χ3v) is 5.04. The smallest absolute Gasteiger partial charge is 0.163 e. The minimum Gasteiger partial charge on any atom is -0.493 e. The molecule has 0 bridgehead atoms. The van der Waals surface area contributed by atoms with Gasteiger partial charge in [0, 0.05) is 34.5 Å². The summed E-state index contributed by atoms with van der Waals surface area (Å²) in [6.45, 7) is 2.95. The normalized spacial score (nSPS) is 14.3. The third kappa shape index (κ3) is 3.17. The van der Waals surface area contributed by atoms with Gasteiger partial charge in [-0.25, -0.2) is 0 Å². The number of nitrogens with zero attached hydrogens (tertiary/aromatic N) is 1. The fraction of sp³-hybridized carbons (Fsp3) is 0.476. The molecule has 0 unspecified atom stereocenters. The predicted octanol–water partition coefficient (Wildman–Crippen LogP) is 5.56. The molecule has 1 N–H and O–H groups in total. The molecule has 0 aliphatic heterocycles. The summed E-state index contributed by atoms with van der Waals surface area (Å²) in [4.78, 5) is 8.18. The van der Waals surface area contributed by atoms with Gasteiger partial charge in [-0.3, -0.25) is 4.98 Å². The molecule has 0 saturated heterocycles. The van der Waals surface area contributed by atoms with Crippen LogP contribution in [-0.4, -0.2) is 23.7 Å². The number of nitrogens with one attached hydrogen (secondary N) is 1. The van der Waals surface area contributed by atoms with Crippen molar-refractivity contribution in [2.75, 3.05) is 13.7 Å². The third-order valence-electron chi connectivity index (χ3n) is 5.04. The Morgan fingerprint density at radius 3 is 2.76 bits per heavy atom. The van der Waals surface area contributed by atoms with E-state index in [2.05, 4.69) is 35.1 Å². The molecule has 2 heterocycles. The van der Waals surface area contributed by atoms with Gasteiger partial charge in [-0.15, -0.1) is 0 Å². The summed E-state index contributed by atoms with van der Waals surface area (Å²) in [6.07, 6.45) is 9.19. The van der Waals surface area contributed by atoms with Gasteiger partial charge in [-0.1, -0.05) is 26.2 Å². The van der Waals surface area contributed by atoms with Gasteiger partial charge in [-0.2, -0.15) is 0 Å². The number of unbranched alkanes of at least 4 members (excludes halogenated alkanes) is 3. The van der Waals surface area contributed by atoms with E-state index in [1.807, 2.05) is 6.20 Å². The molecular formula is C21H26N2O2. The van der Waals surface area contributed by atoms with Crippen LogP contribution >= 0.6 is 0 Å². The highest BCUT2D eigenvalue weighted by Crippen LogP contribution is 2.45. The Labute approximate surface area is 148 Å². The fourth-order valence-electron chi connectivity index (χ4n) is 3.53. The van der Waals surface area contributed by atoms with Crippen molar-refractivity contribution in [2.24, 2.45) is 0 Å². The molecule has 0 amide bonds. The van der Waals surface area contributed by atoms with Gasteiger partial charge < -0.3 is 14.5 Å². The first kappa shape index (κ1) is 16.2. The second-order valence-electron chi connectivity index (χ2n) is 6.98. The lowest BCUT2D eigenvalue weighted by molar-refractivity contribution is 0.285. The van der Waals surface area contributed by atoms with Crippen LogP contribution in [0.25, 0.3) is 21.8 Å². The number of hydrogen-bond donors (Lipinski definition) is 1.